The summed E-state index contributed by atoms with van der Waals surface area (Å²) in [7, 11) is 3.49. The van der Waals surface area contributed by atoms with Crippen molar-refractivity contribution < 1.29 is 9.47 Å². The van der Waals surface area contributed by atoms with Gasteiger partial charge in [-0.2, -0.15) is 0 Å². The molecule has 0 unspecified atom stereocenters. The molecule has 1 heterocycles. The zero-order chi connectivity index (χ0) is 11.8. The first kappa shape index (κ1) is 13.6. The number of rotatable bonds is 8. The molecule has 0 aliphatic carbocycles. The predicted molar refractivity (Wildman–Crippen MR) is 65.8 cm³/mol. The first-order valence-electron chi connectivity index (χ1n) is 5.86. The molecule has 1 aliphatic heterocycles. The molecule has 94 valence electrons. The molecule has 0 atom stereocenters. The van der Waals surface area contributed by atoms with Gasteiger partial charge in [0.25, 0.3) is 0 Å². The summed E-state index contributed by atoms with van der Waals surface area (Å²) < 4.78 is 10.2. The van der Waals surface area contributed by atoms with E-state index in [0.29, 0.717) is 0 Å². The van der Waals surface area contributed by atoms with Crippen molar-refractivity contribution >= 4 is 0 Å². The summed E-state index contributed by atoms with van der Waals surface area (Å²) in [5.41, 5.74) is 3.05. The molecule has 0 saturated carbocycles. The Kier molecular flexibility index (Phi) is 6.64. The zero-order valence-electron chi connectivity index (χ0n) is 10.7. The topological polar surface area (TPSA) is 33.7 Å². The summed E-state index contributed by atoms with van der Waals surface area (Å²) in [5, 5.41) is 3.28. The molecule has 0 aromatic rings. The third-order valence-corrected chi connectivity index (χ3v) is 2.96. The van der Waals surface area contributed by atoms with E-state index < -0.39 is 0 Å². The van der Waals surface area contributed by atoms with Crippen molar-refractivity contribution in [3.05, 3.63) is 11.1 Å². The Morgan fingerprint density at radius 3 is 2.12 bits per heavy atom. The van der Waals surface area contributed by atoms with Gasteiger partial charge >= 0.3 is 0 Å². The maximum Gasteiger partial charge on any atom is 0.0589 e. The van der Waals surface area contributed by atoms with Crippen molar-refractivity contribution in [1.82, 2.24) is 10.2 Å². The minimum absolute atomic E-state index is 0.782. The monoisotopic (exact) mass is 228 g/mol. The van der Waals surface area contributed by atoms with E-state index in [4.69, 9.17) is 9.47 Å². The summed E-state index contributed by atoms with van der Waals surface area (Å²) >= 11 is 0. The molecule has 4 heteroatoms. The summed E-state index contributed by atoms with van der Waals surface area (Å²) in [6.07, 6.45) is 0. The van der Waals surface area contributed by atoms with Gasteiger partial charge in [0.15, 0.2) is 0 Å². The molecule has 0 aromatic carbocycles. The predicted octanol–water partition coefficient (Wildman–Crippen LogP) is 0.501. The molecule has 0 radical (unpaired) electrons. The molecule has 0 bridgehead atoms. The van der Waals surface area contributed by atoms with E-state index in [9.17, 15) is 0 Å². The van der Waals surface area contributed by atoms with E-state index in [1.54, 1.807) is 19.8 Å². The standard InChI is InChI=1S/C12H24N2O2/c1-11(12-8-13-9-12)10-14(4-6-15-2)5-7-16-3/h13H,4-10H2,1-3H3. The largest absolute Gasteiger partial charge is 0.383 e. The quantitative estimate of drug-likeness (QED) is 0.614. The summed E-state index contributed by atoms with van der Waals surface area (Å²) in [6, 6.07) is 0. The zero-order valence-corrected chi connectivity index (χ0v) is 10.7. The fourth-order valence-electron chi connectivity index (χ4n) is 1.71. The number of hydrogen-bond donors (Lipinski definition) is 1. The summed E-state index contributed by atoms with van der Waals surface area (Å²) in [5.74, 6) is 0. The Hall–Kier alpha value is -0.420. The maximum absolute atomic E-state index is 5.12. The fraction of sp³-hybridized carbons (Fsp3) is 0.833. The lowest BCUT2D eigenvalue weighted by atomic mass is 10.0. The maximum atomic E-state index is 5.12. The molecule has 4 nitrogen and oxygen atoms in total. The van der Waals surface area contributed by atoms with Gasteiger partial charge in [-0.05, 0) is 12.5 Å². The third kappa shape index (κ3) is 4.61. The Balaban J connectivity index is 2.35. The van der Waals surface area contributed by atoms with Crippen LogP contribution < -0.4 is 5.32 Å². The molecule has 1 fully saturated rings. The van der Waals surface area contributed by atoms with Crippen molar-refractivity contribution in [1.29, 1.82) is 0 Å². The van der Waals surface area contributed by atoms with Gasteiger partial charge in [-0.3, -0.25) is 4.90 Å². The van der Waals surface area contributed by atoms with Crippen molar-refractivity contribution in [3.63, 3.8) is 0 Å². The van der Waals surface area contributed by atoms with Crippen LogP contribution in [0.1, 0.15) is 6.92 Å². The van der Waals surface area contributed by atoms with Crippen LogP contribution >= 0.6 is 0 Å². The Morgan fingerprint density at radius 2 is 1.75 bits per heavy atom. The highest BCUT2D eigenvalue weighted by molar-refractivity contribution is 5.22. The Labute approximate surface area is 98.6 Å². The van der Waals surface area contributed by atoms with Crippen LogP contribution in [0.25, 0.3) is 0 Å². The molecular weight excluding hydrogens is 204 g/mol. The molecule has 0 amide bonds. The van der Waals surface area contributed by atoms with E-state index in [2.05, 4.69) is 17.1 Å². The number of hydrogen-bond acceptors (Lipinski definition) is 4. The molecule has 0 aromatic heterocycles. The second-order valence-electron chi connectivity index (χ2n) is 4.25. The normalized spacial score (nSPS) is 15.4. The summed E-state index contributed by atoms with van der Waals surface area (Å²) in [6.45, 7) is 8.89. The van der Waals surface area contributed by atoms with Gasteiger partial charge < -0.3 is 14.8 Å². The molecule has 1 N–H and O–H groups in total. The van der Waals surface area contributed by atoms with Gasteiger partial charge in [0, 0.05) is 46.9 Å². The van der Waals surface area contributed by atoms with Crippen LogP contribution in [-0.4, -0.2) is 65.1 Å². The number of methoxy groups -OCH3 is 2. The van der Waals surface area contributed by atoms with E-state index in [-0.39, 0.29) is 0 Å². The van der Waals surface area contributed by atoms with Gasteiger partial charge in [0.1, 0.15) is 0 Å². The van der Waals surface area contributed by atoms with Crippen LogP contribution in [-0.2, 0) is 9.47 Å². The highest BCUT2D eigenvalue weighted by atomic mass is 16.5. The van der Waals surface area contributed by atoms with Crippen molar-refractivity contribution in [2.45, 2.75) is 6.92 Å². The third-order valence-electron chi connectivity index (χ3n) is 2.96. The van der Waals surface area contributed by atoms with Crippen LogP contribution in [0, 0.1) is 0 Å². The van der Waals surface area contributed by atoms with Crippen LogP contribution in [0.5, 0.6) is 0 Å². The summed E-state index contributed by atoms with van der Waals surface area (Å²) in [4.78, 5) is 2.38. The van der Waals surface area contributed by atoms with Crippen LogP contribution in [0.15, 0.2) is 11.1 Å². The number of nitrogens with zero attached hydrogens (tertiary/aromatic N) is 1. The highest BCUT2D eigenvalue weighted by Gasteiger charge is 2.13. The van der Waals surface area contributed by atoms with E-state index in [0.717, 1.165) is 45.9 Å². The minimum Gasteiger partial charge on any atom is -0.383 e. The van der Waals surface area contributed by atoms with Crippen LogP contribution in [0.4, 0.5) is 0 Å². The SMILES string of the molecule is COCCN(CCOC)CC(C)=C1CNC1. The highest BCUT2D eigenvalue weighted by Crippen LogP contribution is 2.10. The molecule has 1 rings (SSSR count). The number of ether oxygens (including phenoxy) is 2. The molecule has 1 aliphatic rings. The molecule has 16 heavy (non-hydrogen) atoms. The smallest absolute Gasteiger partial charge is 0.0589 e. The molecular formula is C12H24N2O2. The van der Waals surface area contributed by atoms with E-state index >= 15 is 0 Å². The van der Waals surface area contributed by atoms with Crippen molar-refractivity contribution in [3.8, 4) is 0 Å². The molecule has 1 saturated heterocycles. The van der Waals surface area contributed by atoms with Gasteiger partial charge in [0.05, 0.1) is 13.2 Å². The van der Waals surface area contributed by atoms with Gasteiger partial charge in [-0.25, -0.2) is 0 Å². The van der Waals surface area contributed by atoms with E-state index in [1.807, 2.05) is 0 Å². The van der Waals surface area contributed by atoms with Gasteiger partial charge in [-0.1, -0.05) is 5.57 Å². The van der Waals surface area contributed by atoms with Crippen LogP contribution in [0.2, 0.25) is 0 Å². The minimum atomic E-state index is 0.782. The fourth-order valence-corrected chi connectivity index (χ4v) is 1.71. The van der Waals surface area contributed by atoms with Gasteiger partial charge in [-0.15, -0.1) is 0 Å². The van der Waals surface area contributed by atoms with Crippen molar-refractivity contribution in [2.24, 2.45) is 0 Å². The first-order valence-corrected chi connectivity index (χ1v) is 5.86. The lowest BCUT2D eigenvalue weighted by molar-refractivity contribution is 0.119. The number of nitrogens with one attached hydrogen (secondary N) is 1. The average molecular weight is 228 g/mol. The lowest BCUT2D eigenvalue weighted by Crippen LogP contribution is -2.38. The second kappa shape index (κ2) is 7.79. The Morgan fingerprint density at radius 1 is 1.19 bits per heavy atom. The first-order chi connectivity index (χ1) is 7.77. The second-order valence-corrected chi connectivity index (χ2v) is 4.25. The average Bonchev–Trinajstić information content (AvgIpc) is 2.19. The lowest BCUT2D eigenvalue weighted by Gasteiger charge is -2.27. The van der Waals surface area contributed by atoms with E-state index in [1.165, 1.54) is 5.57 Å². The Bertz CT molecular complexity index is 215. The van der Waals surface area contributed by atoms with Crippen LogP contribution in [0.3, 0.4) is 0 Å². The molecule has 0 spiro atoms. The van der Waals surface area contributed by atoms with Crippen molar-refractivity contribution in [2.75, 3.05) is 60.2 Å². The van der Waals surface area contributed by atoms with Gasteiger partial charge in [0.2, 0.25) is 0 Å².